The van der Waals surface area contributed by atoms with E-state index in [2.05, 4.69) is 11.8 Å². The first kappa shape index (κ1) is 16.7. The van der Waals surface area contributed by atoms with Crippen LogP contribution in [0.15, 0.2) is 0 Å². The summed E-state index contributed by atoms with van der Waals surface area (Å²) in [4.78, 5) is 2.41. The smallest absolute Gasteiger partial charge is 0.0774 e. The number of nitrogens with zero attached hydrogens (tertiary/aromatic N) is 1. The Labute approximate surface area is 134 Å². The van der Waals surface area contributed by atoms with E-state index in [1.165, 1.54) is 0 Å². The van der Waals surface area contributed by atoms with Crippen LogP contribution in [0.1, 0.15) is 58.8 Å². The van der Waals surface area contributed by atoms with Crippen LogP contribution in [-0.2, 0) is 4.74 Å². The highest BCUT2D eigenvalue weighted by Crippen LogP contribution is 2.51. The van der Waals surface area contributed by atoms with Gasteiger partial charge in [0.15, 0.2) is 0 Å². The number of hydrogen-bond acceptors (Lipinski definition) is 4. The summed E-state index contributed by atoms with van der Waals surface area (Å²) >= 11 is 0. The molecule has 2 N–H and O–H groups in total. The number of rotatable bonds is 4. The third kappa shape index (κ3) is 3.08. The molecule has 1 spiro atoms. The van der Waals surface area contributed by atoms with E-state index >= 15 is 0 Å². The van der Waals surface area contributed by atoms with Gasteiger partial charge in [-0.2, -0.15) is 0 Å². The van der Waals surface area contributed by atoms with Crippen molar-refractivity contribution in [2.75, 3.05) is 26.2 Å². The summed E-state index contributed by atoms with van der Waals surface area (Å²) in [5, 5.41) is 21.1. The van der Waals surface area contributed by atoms with Gasteiger partial charge in [-0.05, 0) is 64.5 Å². The van der Waals surface area contributed by atoms with Gasteiger partial charge in [0.2, 0.25) is 0 Å². The van der Waals surface area contributed by atoms with Gasteiger partial charge in [-0.25, -0.2) is 0 Å². The van der Waals surface area contributed by atoms with Crippen LogP contribution in [-0.4, -0.2) is 59.2 Å². The van der Waals surface area contributed by atoms with Gasteiger partial charge in [0.05, 0.1) is 17.8 Å². The number of aliphatic hydroxyl groups excluding tert-OH is 1. The topological polar surface area (TPSA) is 52.9 Å². The Morgan fingerprint density at radius 3 is 2.32 bits per heavy atom. The van der Waals surface area contributed by atoms with E-state index < -0.39 is 5.60 Å². The lowest BCUT2D eigenvalue weighted by molar-refractivity contribution is -0.211. The maximum absolute atomic E-state index is 10.8. The zero-order valence-electron chi connectivity index (χ0n) is 14.3. The highest BCUT2D eigenvalue weighted by Gasteiger charge is 2.56. The first-order valence-corrected chi connectivity index (χ1v) is 9.22. The molecule has 0 radical (unpaired) electrons. The summed E-state index contributed by atoms with van der Waals surface area (Å²) in [6.45, 7) is 7.84. The number of likely N-dealkylation sites (tertiary alicyclic amines) is 1. The molecule has 22 heavy (non-hydrogen) atoms. The first-order valence-electron chi connectivity index (χ1n) is 9.22. The second-order valence-corrected chi connectivity index (χ2v) is 8.11. The van der Waals surface area contributed by atoms with Crippen molar-refractivity contribution in [3.8, 4) is 0 Å². The lowest BCUT2D eigenvalue weighted by atomic mass is 9.58. The first-order chi connectivity index (χ1) is 10.5. The summed E-state index contributed by atoms with van der Waals surface area (Å²) in [5.74, 6) is 0.766. The number of β-amino-alcohol motifs (C(OH)–C–C–N with tert-alkyl or cyclic N) is 1. The Morgan fingerprint density at radius 2 is 1.77 bits per heavy atom. The Kier molecular flexibility index (Phi) is 4.84. The van der Waals surface area contributed by atoms with Crippen LogP contribution < -0.4 is 0 Å². The van der Waals surface area contributed by atoms with Gasteiger partial charge >= 0.3 is 0 Å². The minimum atomic E-state index is -0.478. The molecule has 0 aromatic heterocycles. The average molecular weight is 311 g/mol. The molecule has 4 heteroatoms. The van der Waals surface area contributed by atoms with E-state index in [-0.39, 0.29) is 17.6 Å². The van der Waals surface area contributed by atoms with Crippen LogP contribution in [0.3, 0.4) is 0 Å². The van der Waals surface area contributed by atoms with E-state index in [9.17, 15) is 10.2 Å². The number of aliphatic hydroxyl groups is 2. The summed E-state index contributed by atoms with van der Waals surface area (Å²) in [6, 6.07) is 0. The van der Waals surface area contributed by atoms with E-state index in [4.69, 9.17) is 4.74 Å². The third-order valence-corrected chi connectivity index (χ3v) is 6.62. The molecule has 4 nitrogen and oxygen atoms in total. The lowest BCUT2D eigenvalue weighted by Gasteiger charge is -2.57. The van der Waals surface area contributed by atoms with Gasteiger partial charge in [-0.3, -0.25) is 0 Å². The maximum Gasteiger partial charge on any atom is 0.0774 e. The monoisotopic (exact) mass is 311 g/mol. The highest BCUT2D eigenvalue weighted by molar-refractivity contribution is 5.07. The fraction of sp³-hybridized carbons (Fsp3) is 1.00. The van der Waals surface area contributed by atoms with Crippen molar-refractivity contribution in [2.45, 2.75) is 76.6 Å². The molecular formula is C18H33NO3. The van der Waals surface area contributed by atoms with E-state index in [1.54, 1.807) is 0 Å². The van der Waals surface area contributed by atoms with Crippen LogP contribution >= 0.6 is 0 Å². The Hall–Kier alpha value is -0.160. The van der Waals surface area contributed by atoms with Gasteiger partial charge in [0.1, 0.15) is 0 Å². The summed E-state index contributed by atoms with van der Waals surface area (Å²) in [6.07, 6.45) is 7.06. The third-order valence-electron chi connectivity index (χ3n) is 6.62. The molecule has 0 amide bonds. The standard InChI is InChI=1S/C18H33NO3/c1-3-22-16-12-15(20)18(16)8-10-19(11-9-18)13-17(21)6-4-14(2)5-7-17/h14-16,20-21H,3-13H2,1-2H3/t14?,15-,16-,17?/m1/s1. The van der Waals surface area contributed by atoms with E-state index in [0.29, 0.717) is 0 Å². The second-order valence-electron chi connectivity index (χ2n) is 8.11. The lowest BCUT2D eigenvalue weighted by Crippen LogP contribution is -2.63. The van der Waals surface area contributed by atoms with Gasteiger partial charge in [-0.15, -0.1) is 0 Å². The molecule has 3 aliphatic rings. The van der Waals surface area contributed by atoms with E-state index in [0.717, 1.165) is 77.1 Å². The van der Waals surface area contributed by atoms with Gasteiger partial charge in [0, 0.05) is 25.0 Å². The summed E-state index contributed by atoms with van der Waals surface area (Å²) < 4.78 is 5.83. The normalized spacial score (nSPS) is 42.3. The molecule has 0 aromatic rings. The van der Waals surface area contributed by atoms with Crippen LogP contribution in [0.2, 0.25) is 0 Å². The van der Waals surface area contributed by atoms with Crippen molar-refractivity contribution in [3.05, 3.63) is 0 Å². The molecule has 3 fully saturated rings. The van der Waals surface area contributed by atoms with Gasteiger partial charge in [-0.1, -0.05) is 6.92 Å². The molecule has 3 rings (SSSR count). The predicted molar refractivity (Wildman–Crippen MR) is 86.7 cm³/mol. The molecule has 1 saturated heterocycles. The van der Waals surface area contributed by atoms with Crippen molar-refractivity contribution in [2.24, 2.45) is 11.3 Å². The maximum atomic E-state index is 10.8. The fourth-order valence-electron chi connectivity index (χ4n) is 4.82. The van der Waals surface area contributed by atoms with Crippen molar-refractivity contribution >= 4 is 0 Å². The van der Waals surface area contributed by atoms with Gasteiger partial charge < -0.3 is 19.8 Å². The molecule has 1 heterocycles. The Balaban J connectivity index is 1.51. The van der Waals surface area contributed by atoms with Crippen molar-refractivity contribution < 1.29 is 14.9 Å². The molecule has 0 unspecified atom stereocenters. The number of ether oxygens (including phenoxy) is 1. The summed E-state index contributed by atoms with van der Waals surface area (Å²) in [5.41, 5.74) is -0.481. The van der Waals surface area contributed by atoms with Gasteiger partial charge in [0.25, 0.3) is 0 Å². The van der Waals surface area contributed by atoms with Crippen LogP contribution in [0.4, 0.5) is 0 Å². The molecule has 0 aromatic carbocycles. The zero-order valence-corrected chi connectivity index (χ0v) is 14.3. The molecule has 1 aliphatic heterocycles. The van der Waals surface area contributed by atoms with Crippen LogP contribution in [0.25, 0.3) is 0 Å². The predicted octanol–water partition coefficient (Wildman–Crippen LogP) is 2.18. The molecule has 2 atom stereocenters. The van der Waals surface area contributed by atoms with E-state index in [1.807, 2.05) is 6.92 Å². The van der Waals surface area contributed by atoms with Crippen LogP contribution in [0, 0.1) is 11.3 Å². The summed E-state index contributed by atoms with van der Waals surface area (Å²) in [7, 11) is 0. The van der Waals surface area contributed by atoms with Crippen molar-refractivity contribution in [1.29, 1.82) is 0 Å². The number of piperidine rings is 1. The molecule has 2 saturated carbocycles. The molecular weight excluding hydrogens is 278 g/mol. The quantitative estimate of drug-likeness (QED) is 0.835. The van der Waals surface area contributed by atoms with Crippen molar-refractivity contribution in [1.82, 2.24) is 4.90 Å². The molecule has 128 valence electrons. The Morgan fingerprint density at radius 1 is 1.14 bits per heavy atom. The highest BCUT2D eigenvalue weighted by atomic mass is 16.5. The van der Waals surface area contributed by atoms with Crippen molar-refractivity contribution in [3.63, 3.8) is 0 Å². The molecule has 2 aliphatic carbocycles. The average Bonchev–Trinajstić information content (AvgIpc) is 2.51. The minimum Gasteiger partial charge on any atom is -0.392 e. The fourth-order valence-corrected chi connectivity index (χ4v) is 4.82. The van der Waals surface area contributed by atoms with Crippen LogP contribution in [0.5, 0.6) is 0 Å². The number of hydrogen-bond donors (Lipinski definition) is 2. The largest absolute Gasteiger partial charge is 0.392 e. The SMILES string of the molecule is CCO[C@@H]1C[C@@H](O)C12CCN(CC1(O)CCC(C)CC1)CC2. The second kappa shape index (κ2) is 6.39. The Bertz CT molecular complexity index is 369. The minimum absolute atomic E-state index is 0.00376. The zero-order chi connectivity index (χ0) is 15.8. The molecule has 0 bridgehead atoms.